The largest absolute Gasteiger partial charge is 0.383 e. The summed E-state index contributed by atoms with van der Waals surface area (Å²) in [4.78, 5) is 0. The average Bonchev–Trinajstić information content (AvgIpc) is 2.63. The van der Waals surface area contributed by atoms with Gasteiger partial charge < -0.3 is 15.0 Å². The van der Waals surface area contributed by atoms with Crippen LogP contribution in [-0.2, 0) is 16.7 Å². The first-order valence-corrected chi connectivity index (χ1v) is 4.69. The molecule has 1 aromatic rings. The van der Waals surface area contributed by atoms with E-state index in [1.807, 2.05) is 4.57 Å². The molecule has 1 aromatic heterocycles. The van der Waals surface area contributed by atoms with E-state index in [0.717, 1.165) is 12.4 Å². The molecule has 5 nitrogen and oxygen atoms in total. The number of nitrogens with two attached hydrogens (primary N) is 1. The summed E-state index contributed by atoms with van der Waals surface area (Å²) in [6.45, 7) is 6.09. The van der Waals surface area contributed by atoms with E-state index in [2.05, 4.69) is 24.0 Å². The van der Waals surface area contributed by atoms with Gasteiger partial charge in [0.2, 0.25) is 0 Å². The highest BCUT2D eigenvalue weighted by atomic mass is 16.5. The van der Waals surface area contributed by atoms with E-state index in [1.165, 1.54) is 0 Å². The van der Waals surface area contributed by atoms with Crippen molar-refractivity contribution in [2.45, 2.75) is 25.8 Å². The molecule has 0 fully saturated rings. The van der Waals surface area contributed by atoms with Gasteiger partial charge in [0, 0.05) is 25.6 Å². The second-order valence-electron chi connectivity index (χ2n) is 3.93. The van der Waals surface area contributed by atoms with Crippen molar-refractivity contribution < 1.29 is 4.74 Å². The molecule has 5 heteroatoms. The maximum Gasteiger partial charge on any atom is 0.139 e. The summed E-state index contributed by atoms with van der Waals surface area (Å²) in [6.07, 6.45) is 1.71. The molecule has 1 rings (SSSR count). The molecule has 0 saturated heterocycles. The first kappa shape index (κ1) is 11.1. The number of hydrogen-bond acceptors (Lipinski definition) is 4. The van der Waals surface area contributed by atoms with E-state index in [-0.39, 0.29) is 5.41 Å². The lowest BCUT2D eigenvalue weighted by atomic mass is 9.93. The topological polar surface area (TPSA) is 66.0 Å². The van der Waals surface area contributed by atoms with Crippen LogP contribution in [0, 0.1) is 0 Å². The molecule has 0 unspecified atom stereocenters. The molecule has 0 aliphatic heterocycles. The minimum absolute atomic E-state index is 0.135. The minimum atomic E-state index is -0.135. The molecule has 0 amide bonds. The molecule has 14 heavy (non-hydrogen) atoms. The van der Waals surface area contributed by atoms with Gasteiger partial charge in [0.05, 0.1) is 6.61 Å². The van der Waals surface area contributed by atoms with E-state index < -0.39 is 0 Å². The Morgan fingerprint density at radius 2 is 2.29 bits per heavy atom. The van der Waals surface area contributed by atoms with Crippen molar-refractivity contribution in [2.24, 2.45) is 5.73 Å². The van der Waals surface area contributed by atoms with Gasteiger partial charge in [-0.3, -0.25) is 0 Å². The first-order chi connectivity index (χ1) is 6.61. The molecule has 0 aromatic carbocycles. The third kappa shape index (κ3) is 2.30. The van der Waals surface area contributed by atoms with Crippen LogP contribution in [0.4, 0.5) is 0 Å². The van der Waals surface area contributed by atoms with Crippen LogP contribution < -0.4 is 5.73 Å². The fraction of sp³-hybridized carbons (Fsp3) is 0.778. The molecule has 80 valence electrons. The second kappa shape index (κ2) is 4.52. The van der Waals surface area contributed by atoms with E-state index in [9.17, 15) is 0 Å². The SMILES string of the molecule is COCCn1cnnc1C(C)(C)CN. The lowest BCUT2D eigenvalue weighted by molar-refractivity contribution is 0.185. The number of ether oxygens (including phenoxy) is 1. The Morgan fingerprint density at radius 1 is 1.57 bits per heavy atom. The normalized spacial score (nSPS) is 12.0. The van der Waals surface area contributed by atoms with Crippen LogP contribution in [0.2, 0.25) is 0 Å². The fourth-order valence-electron chi connectivity index (χ4n) is 1.22. The highest BCUT2D eigenvalue weighted by Gasteiger charge is 2.24. The zero-order chi connectivity index (χ0) is 10.6. The van der Waals surface area contributed by atoms with Gasteiger partial charge in [0.25, 0.3) is 0 Å². The van der Waals surface area contributed by atoms with Gasteiger partial charge >= 0.3 is 0 Å². The Labute approximate surface area is 84.3 Å². The van der Waals surface area contributed by atoms with Crippen molar-refractivity contribution in [2.75, 3.05) is 20.3 Å². The Bertz CT molecular complexity index is 282. The number of aromatic nitrogens is 3. The van der Waals surface area contributed by atoms with Gasteiger partial charge in [-0.05, 0) is 0 Å². The minimum Gasteiger partial charge on any atom is -0.383 e. The summed E-state index contributed by atoms with van der Waals surface area (Å²) in [6, 6.07) is 0. The molecule has 0 aliphatic rings. The third-order valence-electron chi connectivity index (χ3n) is 2.27. The van der Waals surface area contributed by atoms with Crippen LogP contribution in [0.5, 0.6) is 0 Å². The summed E-state index contributed by atoms with van der Waals surface area (Å²) < 4.78 is 6.99. The molecule has 0 saturated carbocycles. The van der Waals surface area contributed by atoms with Crippen molar-refractivity contribution in [1.29, 1.82) is 0 Å². The highest BCUT2D eigenvalue weighted by Crippen LogP contribution is 2.18. The molecular weight excluding hydrogens is 180 g/mol. The van der Waals surface area contributed by atoms with Gasteiger partial charge in [0.15, 0.2) is 0 Å². The Kier molecular flexibility index (Phi) is 3.60. The molecule has 0 aliphatic carbocycles. The molecule has 0 spiro atoms. The zero-order valence-electron chi connectivity index (χ0n) is 9.03. The van der Waals surface area contributed by atoms with Crippen LogP contribution in [0.25, 0.3) is 0 Å². The van der Waals surface area contributed by atoms with Crippen molar-refractivity contribution in [3.05, 3.63) is 12.2 Å². The fourth-order valence-corrected chi connectivity index (χ4v) is 1.22. The van der Waals surface area contributed by atoms with E-state index in [4.69, 9.17) is 10.5 Å². The van der Waals surface area contributed by atoms with Crippen molar-refractivity contribution in [3.8, 4) is 0 Å². The summed E-state index contributed by atoms with van der Waals surface area (Å²) in [5.74, 6) is 0.914. The molecular formula is C9H18N4O. The molecule has 2 N–H and O–H groups in total. The molecule has 0 radical (unpaired) electrons. The standard InChI is InChI=1S/C9H18N4O/c1-9(2,6-10)8-12-11-7-13(8)4-5-14-3/h7H,4-6,10H2,1-3H3. The van der Waals surface area contributed by atoms with Crippen LogP contribution >= 0.6 is 0 Å². The van der Waals surface area contributed by atoms with Crippen LogP contribution in [0.1, 0.15) is 19.7 Å². The average molecular weight is 198 g/mol. The van der Waals surface area contributed by atoms with Crippen LogP contribution in [0.3, 0.4) is 0 Å². The number of hydrogen-bond donors (Lipinski definition) is 1. The molecule has 0 bridgehead atoms. The van der Waals surface area contributed by atoms with Crippen LogP contribution in [-0.4, -0.2) is 35.0 Å². The third-order valence-corrected chi connectivity index (χ3v) is 2.27. The Hall–Kier alpha value is -0.940. The quantitative estimate of drug-likeness (QED) is 0.732. The zero-order valence-corrected chi connectivity index (χ0v) is 9.03. The maximum absolute atomic E-state index is 5.68. The van der Waals surface area contributed by atoms with Crippen molar-refractivity contribution >= 4 is 0 Å². The second-order valence-corrected chi connectivity index (χ2v) is 3.93. The number of methoxy groups -OCH3 is 1. The summed E-state index contributed by atoms with van der Waals surface area (Å²) in [5.41, 5.74) is 5.55. The van der Waals surface area contributed by atoms with Crippen molar-refractivity contribution in [1.82, 2.24) is 14.8 Å². The predicted molar refractivity (Wildman–Crippen MR) is 54.0 cm³/mol. The number of nitrogens with zero attached hydrogens (tertiary/aromatic N) is 3. The van der Waals surface area contributed by atoms with Gasteiger partial charge in [-0.1, -0.05) is 13.8 Å². The smallest absolute Gasteiger partial charge is 0.139 e. The Balaban J connectivity index is 2.81. The Morgan fingerprint density at radius 3 is 2.86 bits per heavy atom. The predicted octanol–water partition coefficient (Wildman–Crippen LogP) is 0.161. The summed E-state index contributed by atoms with van der Waals surface area (Å²) >= 11 is 0. The summed E-state index contributed by atoms with van der Waals surface area (Å²) in [7, 11) is 1.68. The van der Waals surface area contributed by atoms with Crippen molar-refractivity contribution in [3.63, 3.8) is 0 Å². The van der Waals surface area contributed by atoms with Gasteiger partial charge in [-0.25, -0.2) is 0 Å². The van der Waals surface area contributed by atoms with E-state index in [1.54, 1.807) is 13.4 Å². The van der Waals surface area contributed by atoms with E-state index in [0.29, 0.717) is 13.2 Å². The van der Waals surface area contributed by atoms with Gasteiger partial charge in [0.1, 0.15) is 12.2 Å². The lowest BCUT2D eigenvalue weighted by Gasteiger charge is -2.21. The highest BCUT2D eigenvalue weighted by molar-refractivity contribution is 5.04. The van der Waals surface area contributed by atoms with E-state index >= 15 is 0 Å². The van der Waals surface area contributed by atoms with Gasteiger partial charge in [-0.15, -0.1) is 10.2 Å². The van der Waals surface area contributed by atoms with Crippen LogP contribution in [0.15, 0.2) is 6.33 Å². The number of rotatable bonds is 5. The monoisotopic (exact) mass is 198 g/mol. The van der Waals surface area contributed by atoms with Gasteiger partial charge in [-0.2, -0.15) is 0 Å². The lowest BCUT2D eigenvalue weighted by Crippen LogP contribution is -2.32. The summed E-state index contributed by atoms with van der Waals surface area (Å²) in [5, 5.41) is 7.98. The molecule has 1 heterocycles. The maximum atomic E-state index is 5.68. The molecule has 0 atom stereocenters. The first-order valence-electron chi connectivity index (χ1n) is 4.69.